The van der Waals surface area contributed by atoms with Gasteiger partial charge in [0.15, 0.2) is 5.82 Å². The van der Waals surface area contributed by atoms with Gasteiger partial charge >= 0.3 is 0 Å². The highest BCUT2D eigenvalue weighted by molar-refractivity contribution is 5.80. The fourth-order valence-corrected chi connectivity index (χ4v) is 5.21. The number of carbonyl (C=O) groups excluding carboxylic acids is 1. The van der Waals surface area contributed by atoms with Gasteiger partial charge in [-0.1, -0.05) is 12.1 Å². The molecule has 1 amide bonds. The summed E-state index contributed by atoms with van der Waals surface area (Å²) in [6.07, 6.45) is 7.68. The Balaban J connectivity index is 1.16. The van der Waals surface area contributed by atoms with E-state index in [1.807, 2.05) is 28.1 Å². The van der Waals surface area contributed by atoms with Crippen molar-refractivity contribution in [3.8, 4) is 0 Å². The van der Waals surface area contributed by atoms with E-state index in [-0.39, 0.29) is 17.6 Å². The van der Waals surface area contributed by atoms with E-state index in [4.69, 9.17) is 0 Å². The number of halogens is 1. The first-order chi connectivity index (χ1) is 15.7. The molecule has 4 heterocycles. The maximum absolute atomic E-state index is 14.1. The van der Waals surface area contributed by atoms with Crippen LogP contribution in [0.2, 0.25) is 0 Å². The Morgan fingerprint density at radius 1 is 0.844 bits per heavy atom. The molecule has 3 saturated heterocycles. The van der Waals surface area contributed by atoms with Crippen molar-refractivity contribution < 1.29 is 9.18 Å². The van der Waals surface area contributed by atoms with E-state index >= 15 is 0 Å². The van der Waals surface area contributed by atoms with Crippen molar-refractivity contribution >= 4 is 23.1 Å². The molecule has 0 atom stereocenters. The third-order valence-electron chi connectivity index (χ3n) is 7.05. The number of benzene rings is 1. The lowest BCUT2D eigenvalue weighted by atomic mass is 9.94. The van der Waals surface area contributed by atoms with Crippen molar-refractivity contribution in [2.75, 3.05) is 67.1 Å². The Bertz CT molecular complexity index is 934. The second-order valence-corrected chi connectivity index (χ2v) is 8.95. The van der Waals surface area contributed by atoms with E-state index in [1.165, 1.54) is 18.9 Å². The second kappa shape index (κ2) is 9.30. The summed E-state index contributed by atoms with van der Waals surface area (Å²) in [6.45, 7) is 6.45. The first-order valence-corrected chi connectivity index (χ1v) is 11.8. The standard InChI is InChI=1S/C24H31FN6O/c25-20-5-1-2-6-21(20)29-13-15-31(16-14-29)24(32)19-7-11-28(12-8-19)22-17-26-18-27-23(22)30-9-3-4-10-30/h1-2,5-6,17-19H,3-4,7-16H2. The summed E-state index contributed by atoms with van der Waals surface area (Å²) in [5.41, 5.74) is 1.73. The fraction of sp³-hybridized carbons (Fsp3) is 0.542. The lowest BCUT2D eigenvalue weighted by Crippen LogP contribution is -2.52. The minimum absolute atomic E-state index is 0.0612. The Kier molecular flexibility index (Phi) is 6.10. The topological polar surface area (TPSA) is 55.8 Å². The van der Waals surface area contributed by atoms with Crippen LogP contribution in [-0.2, 0) is 4.79 Å². The third-order valence-corrected chi connectivity index (χ3v) is 7.05. The summed E-state index contributed by atoms with van der Waals surface area (Å²) < 4.78 is 14.1. The van der Waals surface area contributed by atoms with Crippen molar-refractivity contribution in [1.82, 2.24) is 14.9 Å². The molecule has 3 aliphatic heterocycles. The third kappa shape index (κ3) is 4.23. The molecule has 8 heteroatoms. The normalized spacial score (nSPS) is 20.2. The van der Waals surface area contributed by atoms with Crippen molar-refractivity contribution in [2.45, 2.75) is 25.7 Å². The number of amides is 1. The van der Waals surface area contributed by atoms with E-state index < -0.39 is 0 Å². The minimum Gasteiger partial charge on any atom is -0.367 e. The maximum atomic E-state index is 14.1. The Morgan fingerprint density at radius 3 is 2.25 bits per heavy atom. The first kappa shape index (κ1) is 21.0. The smallest absolute Gasteiger partial charge is 0.225 e. The number of piperazine rings is 1. The number of rotatable bonds is 4. The molecule has 5 rings (SSSR count). The van der Waals surface area contributed by atoms with Gasteiger partial charge in [0.1, 0.15) is 12.1 Å². The van der Waals surface area contributed by atoms with Crippen LogP contribution in [0.4, 0.5) is 21.6 Å². The van der Waals surface area contributed by atoms with Crippen LogP contribution in [0.5, 0.6) is 0 Å². The highest BCUT2D eigenvalue weighted by atomic mass is 19.1. The van der Waals surface area contributed by atoms with E-state index in [1.54, 1.807) is 12.4 Å². The zero-order chi connectivity index (χ0) is 21.9. The lowest BCUT2D eigenvalue weighted by Gasteiger charge is -2.40. The van der Waals surface area contributed by atoms with Crippen molar-refractivity contribution in [3.05, 3.63) is 42.6 Å². The summed E-state index contributed by atoms with van der Waals surface area (Å²) in [4.78, 5) is 30.7. The van der Waals surface area contributed by atoms with Gasteiger partial charge in [-0.05, 0) is 37.8 Å². The van der Waals surface area contributed by atoms with Crippen molar-refractivity contribution in [3.63, 3.8) is 0 Å². The quantitative estimate of drug-likeness (QED) is 0.732. The number of aromatic nitrogens is 2. The predicted octanol–water partition coefficient (Wildman–Crippen LogP) is 2.78. The average molecular weight is 439 g/mol. The Morgan fingerprint density at radius 2 is 1.53 bits per heavy atom. The molecule has 2 aromatic rings. The molecule has 0 radical (unpaired) electrons. The zero-order valence-electron chi connectivity index (χ0n) is 18.5. The summed E-state index contributed by atoms with van der Waals surface area (Å²) in [6, 6.07) is 6.87. The lowest BCUT2D eigenvalue weighted by molar-refractivity contribution is -0.136. The highest BCUT2D eigenvalue weighted by Gasteiger charge is 2.32. The molecule has 7 nitrogen and oxygen atoms in total. The molecule has 3 fully saturated rings. The number of carbonyl (C=O) groups is 1. The Hall–Kier alpha value is -2.90. The Labute approximate surface area is 188 Å². The molecule has 32 heavy (non-hydrogen) atoms. The van der Waals surface area contributed by atoms with Gasteiger partial charge < -0.3 is 19.6 Å². The van der Waals surface area contributed by atoms with Crippen LogP contribution >= 0.6 is 0 Å². The van der Waals surface area contributed by atoms with Crippen LogP contribution in [0.25, 0.3) is 0 Å². The zero-order valence-corrected chi connectivity index (χ0v) is 18.5. The molecule has 3 aliphatic rings. The SMILES string of the molecule is O=C(C1CCN(c2cncnc2N2CCCC2)CC1)N1CCN(c2ccccc2F)CC1. The number of nitrogens with zero attached hydrogens (tertiary/aromatic N) is 6. The van der Waals surface area contributed by atoms with Gasteiger partial charge in [0.05, 0.1) is 17.6 Å². The van der Waals surface area contributed by atoms with Crippen LogP contribution in [0, 0.1) is 11.7 Å². The van der Waals surface area contributed by atoms with Crippen LogP contribution in [0.1, 0.15) is 25.7 Å². The van der Waals surface area contributed by atoms with E-state index in [9.17, 15) is 9.18 Å². The van der Waals surface area contributed by atoms with Gasteiger partial charge in [0.2, 0.25) is 5.91 Å². The molecule has 0 spiro atoms. The number of anilines is 3. The van der Waals surface area contributed by atoms with Crippen LogP contribution < -0.4 is 14.7 Å². The van der Waals surface area contributed by atoms with Gasteiger partial charge in [0, 0.05) is 58.3 Å². The summed E-state index contributed by atoms with van der Waals surface area (Å²) in [5, 5.41) is 0. The fourth-order valence-electron chi connectivity index (χ4n) is 5.21. The van der Waals surface area contributed by atoms with Crippen LogP contribution in [-0.4, -0.2) is 73.1 Å². The molecule has 1 aromatic carbocycles. The highest BCUT2D eigenvalue weighted by Crippen LogP contribution is 2.32. The molecule has 0 unspecified atom stereocenters. The van der Waals surface area contributed by atoms with Gasteiger partial charge in [-0.3, -0.25) is 4.79 Å². The van der Waals surface area contributed by atoms with Crippen LogP contribution in [0.15, 0.2) is 36.8 Å². The molecule has 0 saturated carbocycles. The van der Waals surface area contributed by atoms with Crippen molar-refractivity contribution in [2.24, 2.45) is 5.92 Å². The second-order valence-electron chi connectivity index (χ2n) is 8.95. The van der Waals surface area contributed by atoms with E-state index in [0.29, 0.717) is 31.9 Å². The number of hydrogen-bond acceptors (Lipinski definition) is 6. The summed E-state index contributed by atoms with van der Waals surface area (Å²) in [7, 11) is 0. The van der Waals surface area contributed by atoms with Gasteiger partial charge in [0.25, 0.3) is 0 Å². The number of para-hydroxylation sites is 1. The van der Waals surface area contributed by atoms with Gasteiger partial charge in [-0.15, -0.1) is 0 Å². The number of hydrogen-bond donors (Lipinski definition) is 0. The van der Waals surface area contributed by atoms with E-state index in [0.717, 1.165) is 50.5 Å². The predicted molar refractivity (Wildman–Crippen MR) is 124 cm³/mol. The van der Waals surface area contributed by atoms with Gasteiger partial charge in [-0.2, -0.15) is 0 Å². The largest absolute Gasteiger partial charge is 0.367 e. The maximum Gasteiger partial charge on any atom is 0.225 e. The average Bonchev–Trinajstić information content (AvgIpc) is 3.39. The van der Waals surface area contributed by atoms with Crippen molar-refractivity contribution in [1.29, 1.82) is 0 Å². The van der Waals surface area contributed by atoms with E-state index in [2.05, 4.69) is 19.8 Å². The molecular weight excluding hydrogens is 407 g/mol. The van der Waals surface area contributed by atoms with Gasteiger partial charge in [-0.25, -0.2) is 14.4 Å². The minimum atomic E-state index is -0.196. The monoisotopic (exact) mass is 438 g/mol. The molecule has 170 valence electrons. The first-order valence-electron chi connectivity index (χ1n) is 11.8. The summed E-state index contributed by atoms with van der Waals surface area (Å²) >= 11 is 0. The molecular formula is C24H31FN6O. The molecule has 0 N–H and O–H groups in total. The molecule has 0 bridgehead atoms. The summed E-state index contributed by atoms with van der Waals surface area (Å²) in [5.74, 6) is 1.15. The molecule has 1 aromatic heterocycles. The molecule has 0 aliphatic carbocycles. The van der Waals surface area contributed by atoms with Crippen LogP contribution in [0.3, 0.4) is 0 Å². The number of piperidine rings is 1.